The van der Waals surface area contributed by atoms with E-state index in [1.54, 1.807) is 4.90 Å². The first kappa shape index (κ1) is 14.8. The van der Waals surface area contributed by atoms with E-state index in [0.29, 0.717) is 26.1 Å². The SMILES string of the molecule is C#CCCOC1CCN(C(=O)OC(C)(C)C)CC1. The number of carbonyl (C=O) groups is 1. The van der Waals surface area contributed by atoms with E-state index < -0.39 is 5.60 Å². The Kier molecular flexibility index (Phi) is 5.49. The van der Waals surface area contributed by atoms with Crippen LogP contribution in [-0.2, 0) is 9.47 Å². The Morgan fingerprint density at radius 2 is 2.00 bits per heavy atom. The third-order valence-corrected chi connectivity index (χ3v) is 2.69. The summed E-state index contributed by atoms with van der Waals surface area (Å²) in [6.07, 6.45) is 7.50. The maximum Gasteiger partial charge on any atom is 0.410 e. The molecule has 1 amide bonds. The summed E-state index contributed by atoms with van der Waals surface area (Å²) < 4.78 is 11.0. The highest BCUT2D eigenvalue weighted by Gasteiger charge is 2.26. The van der Waals surface area contributed by atoms with E-state index >= 15 is 0 Å². The second-order valence-electron chi connectivity index (χ2n) is 5.49. The fraction of sp³-hybridized carbons (Fsp3) is 0.786. The Bertz CT molecular complexity index is 306. The zero-order chi connectivity index (χ0) is 13.6. The van der Waals surface area contributed by atoms with Gasteiger partial charge in [-0.05, 0) is 33.6 Å². The summed E-state index contributed by atoms with van der Waals surface area (Å²) in [5.41, 5.74) is -0.433. The Morgan fingerprint density at radius 3 is 2.50 bits per heavy atom. The molecule has 1 fully saturated rings. The molecule has 0 aromatic rings. The standard InChI is InChI=1S/C14H23NO3/c1-5-6-11-17-12-7-9-15(10-8-12)13(16)18-14(2,3)4/h1,12H,6-11H2,2-4H3. The third-order valence-electron chi connectivity index (χ3n) is 2.69. The molecular formula is C14H23NO3. The smallest absolute Gasteiger partial charge is 0.410 e. The van der Waals surface area contributed by atoms with Crippen LogP contribution in [0, 0.1) is 12.3 Å². The number of carbonyl (C=O) groups excluding carboxylic acids is 1. The third kappa shape index (κ3) is 5.42. The van der Waals surface area contributed by atoms with Crippen molar-refractivity contribution in [2.24, 2.45) is 0 Å². The average molecular weight is 253 g/mol. The molecule has 18 heavy (non-hydrogen) atoms. The van der Waals surface area contributed by atoms with Gasteiger partial charge in [0.05, 0.1) is 12.7 Å². The molecule has 1 aliphatic rings. The van der Waals surface area contributed by atoms with E-state index in [-0.39, 0.29) is 12.2 Å². The predicted octanol–water partition coefficient (Wildman–Crippen LogP) is 2.43. The lowest BCUT2D eigenvalue weighted by atomic mass is 10.1. The van der Waals surface area contributed by atoms with Gasteiger partial charge in [-0.25, -0.2) is 4.79 Å². The quantitative estimate of drug-likeness (QED) is 0.573. The van der Waals surface area contributed by atoms with Gasteiger partial charge in [0.15, 0.2) is 0 Å². The molecule has 102 valence electrons. The lowest BCUT2D eigenvalue weighted by Gasteiger charge is -2.33. The van der Waals surface area contributed by atoms with Gasteiger partial charge in [0, 0.05) is 19.5 Å². The molecule has 0 spiro atoms. The zero-order valence-electron chi connectivity index (χ0n) is 11.6. The van der Waals surface area contributed by atoms with E-state index in [0.717, 1.165) is 12.8 Å². The van der Waals surface area contributed by atoms with Crippen LogP contribution in [0.5, 0.6) is 0 Å². The number of rotatable bonds is 3. The lowest BCUT2D eigenvalue weighted by molar-refractivity contribution is -0.00985. The van der Waals surface area contributed by atoms with Crippen LogP contribution in [0.1, 0.15) is 40.0 Å². The highest BCUT2D eigenvalue weighted by atomic mass is 16.6. The van der Waals surface area contributed by atoms with Crippen molar-refractivity contribution in [2.45, 2.75) is 51.7 Å². The first-order valence-corrected chi connectivity index (χ1v) is 6.45. The number of hydrogen-bond acceptors (Lipinski definition) is 3. The molecule has 1 heterocycles. The first-order chi connectivity index (χ1) is 8.42. The van der Waals surface area contributed by atoms with Gasteiger partial charge in [-0.2, -0.15) is 0 Å². The van der Waals surface area contributed by atoms with Crippen LogP contribution in [0.25, 0.3) is 0 Å². The normalized spacial score (nSPS) is 17.3. The molecule has 0 aromatic heterocycles. The molecule has 0 N–H and O–H groups in total. The lowest BCUT2D eigenvalue weighted by Crippen LogP contribution is -2.43. The number of piperidine rings is 1. The van der Waals surface area contributed by atoms with Crippen molar-refractivity contribution in [3.05, 3.63) is 0 Å². The minimum atomic E-state index is -0.433. The van der Waals surface area contributed by atoms with Crippen LogP contribution in [0.4, 0.5) is 4.79 Å². The molecule has 4 heteroatoms. The van der Waals surface area contributed by atoms with Gasteiger partial charge in [-0.1, -0.05) is 0 Å². The number of amides is 1. The largest absolute Gasteiger partial charge is 0.444 e. The van der Waals surface area contributed by atoms with Crippen LogP contribution in [-0.4, -0.2) is 42.4 Å². The Morgan fingerprint density at radius 1 is 1.39 bits per heavy atom. The minimum absolute atomic E-state index is 0.219. The highest BCUT2D eigenvalue weighted by molar-refractivity contribution is 5.68. The van der Waals surface area contributed by atoms with Crippen LogP contribution >= 0.6 is 0 Å². The number of nitrogens with zero attached hydrogens (tertiary/aromatic N) is 1. The fourth-order valence-electron chi connectivity index (χ4n) is 1.82. The number of likely N-dealkylation sites (tertiary alicyclic amines) is 1. The van der Waals surface area contributed by atoms with Gasteiger partial charge in [0.1, 0.15) is 5.60 Å². The molecule has 0 unspecified atom stereocenters. The van der Waals surface area contributed by atoms with Gasteiger partial charge >= 0.3 is 6.09 Å². The van der Waals surface area contributed by atoms with Gasteiger partial charge in [-0.3, -0.25) is 0 Å². The Labute approximate surface area is 110 Å². The van der Waals surface area contributed by atoms with Crippen molar-refractivity contribution in [3.8, 4) is 12.3 Å². The summed E-state index contributed by atoms with van der Waals surface area (Å²) in [4.78, 5) is 13.6. The fourth-order valence-corrected chi connectivity index (χ4v) is 1.82. The second-order valence-corrected chi connectivity index (χ2v) is 5.49. The van der Waals surface area contributed by atoms with Crippen LogP contribution < -0.4 is 0 Å². The summed E-state index contributed by atoms with van der Waals surface area (Å²) in [6.45, 7) is 7.61. The number of terminal acetylenes is 1. The van der Waals surface area contributed by atoms with E-state index in [1.807, 2.05) is 20.8 Å². The van der Waals surface area contributed by atoms with Crippen molar-refractivity contribution in [1.29, 1.82) is 0 Å². The molecule has 1 rings (SSSR count). The van der Waals surface area contributed by atoms with Crippen molar-refractivity contribution >= 4 is 6.09 Å². The van der Waals surface area contributed by atoms with E-state index in [1.165, 1.54) is 0 Å². The molecule has 0 aliphatic carbocycles. The Hall–Kier alpha value is -1.21. The summed E-state index contributed by atoms with van der Waals surface area (Å²) >= 11 is 0. The summed E-state index contributed by atoms with van der Waals surface area (Å²) in [5, 5.41) is 0. The van der Waals surface area contributed by atoms with Crippen molar-refractivity contribution in [2.75, 3.05) is 19.7 Å². The zero-order valence-corrected chi connectivity index (χ0v) is 11.6. The van der Waals surface area contributed by atoms with Gasteiger partial charge < -0.3 is 14.4 Å². The molecule has 0 radical (unpaired) electrons. The second kappa shape index (κ2) is 6.65. The highest BCUT2D eigenvalue weighted by Crippen LogP contribution is 2.17. The van der Waals surface area contributed by atoms with Crippen LogP contribution in [0.15, 0.2) is 0 Å². The molecule has 0 bridgehead atoms. The molecule has 1 saturated heterocycles. The van der Waals surface area contributed by atoms with Crippen molar-refractivity contribution in [3.63, 3.8) is 0 Å². The summed E-state index contributed by atoms with van der Waals surface area (Å²) in [5.74, 6) is 2.55. The van der Waals surface area contributed by atoms with Gasteiger partial charge in [0.25, 0.3) is 0 Å². The number of hydrogen-bond donors (Lipinski definition) is 0. The topological polar surface area (TPSA) is 38.8 Å². The van der Waals surface area contributed by atoms with Crippen LogP contribution in [0.3, 0.4) is 0 Å². The van der Waals surface area contributed by atoms with Crippen molar-refractivity contribution in [1.82, 2.24) is 4.90 Å². The summed E-state index contributed by atoms with van der Waals surface area (Å²) in [7, 11) is 0. The maximum atomic E-state index is 11.8. The van der Waals surface area contributed by atoms with E-state index in [2.05, 4.69) is 5.92 Å². The molecule has 0 aromatic carbocycles. The van der Waals surface area contributed by atoms with Gasteiger partial charge in [-0.15, -0.1) is 12.3 Å². The molecular weight excluding hydrogens is 230 g/mol. The maximum absolute atomic E-state index is 11.8. The molecule has 0 atom stereocenters. The monoisotopic (exact) mass is 253 g/mol. The molecule has 1 aliphatic heterocycles. The minimum Gasteiger partial charge on any atom is -0.444 e. The number of ether oxygens (including phenoxy) is 2. The average Bonchev–Trinajstić information content (AvgIpc) is 2.28. The van der Waals surface area contributed by atoms with Gasteiger partial charge in [0.2, 0.25) is 0 Å². The first-order valence-electron chi connectivity index (χ1n) is 6.45. The van der Waals surface area contributed by atoms with Crippen molar-refractivity contribution < 1.29 is 14.3 Å². The predicted molar refractivity (Wildman–Crippen MR) is 70.2 cm³/mol. The molecule has 0 saturated carbocycles. The van der Waals surface area contributed by atoms with E-state index in [4.69, 9.17) is 15.9 Å². The summed E-state index contributed by atoms with van der Waals surface area (Å²) in [6, 6.07) is 0. The van der Waals surface area contributed by atoms with E-state index in [9.17, 15) is 4.79 Å². The Balaban J connectivity index is 2.27. The van der Waals surface area contributed by atoms with Crippen LogP contribution in [0.2, 0.25) is 0 Å². The molecule has 4 nitrogen and oxygen atoms in total.